The van der Waals surface area contributed by atoms with Gasteiger partial charge in [-0.1, -0.05) is 155 Å². The maximum Gasteiger partial charge on any atom is 0.0286 e. The second-order valence-electron chi connectivity index (χ2n) is 16.2. The minimum Gasteiger partial charge on any atom is -0.0653 e. The summed E-state index contributed by atoms with van der Waals surface area (Å²) in [6.07, 6.45) is 6.45. The Morgan fingerprint density at radius 1 is 0.321 bits per heavy atom. The highest BCUT2D eigenvalue weighted by Crippen LogP contribution is 2.85. The highest BCUT2D eigenvalue weighted by Gasteiger charge is 2.82. The molecule has 0 radical (unpaired) electrons. The van der Waals surface area contributed by atoms with Crippen LogP contribution in [0.2, 0.25) is 0 Å². The van der Waals surface area contributed by atoms with Crippen LogP contribution >= 0.6 is 0 Å². The standard InChI is InChI=1S/C56H48/c1-5-35-54-47-32-29-44(26-23-41-17-11-8-12-18-41)38-50(47)55(36-6-2)49-34-31-46(28-25-43-21-15-10-16-22-43)40-52(49)56(37-7-3,53(54,55)4)51-39-45(30-33-48(51)54)27-24-42-19-13-9-14-20-42/h8-22,29-34,38-40H,5-7,35-37H2,1-4H3/t53-,54+,55+,56+/m1/s1. The van der Waals surface area contributed by atoms with E-state index in [0.717, 1.165) is 71.9 Å². The van der Waals surface area contributed by atoms with Crippen LogP contribution in [0.1, 0.15) is 133 Å². The van der Waals surface area contributed by atoms with E-state index in [1.807, 2.05) is 0 Å². The van der Waals surface area contributed by atoms with Crippen LogP contribution in [-0.2, 0) is 16.2 Å². The van der Waals surface area contributed by atoms with Gasteiger partial charge in [0.15, 0.2) is 0 Å². The predicted molar refractivity (Wildman–Crippen MR) is 232 cm³/mol. The van der Waals surface area contributed by atoms with Crippen molar-refractivity contribution in [2.24, 2.45) is 5.41 Å². The molecule has 0 heteroatoms. The van der Waals surface area contributed by atoms with Gasteiger partial charge in [-0.2, -0.15) is 0 Å². The van der Waals surface area contributed by atoms with Gasteiger partial charge >= 0.3 is 0 Å². The summed E-state index contributed by atoms with van der Waals surface area (Å²) < 4.78 is 0. The molecule has 0 unspecified atom stereocenters. The average molecular weight is 721 g/mol. The molecule has 0 bridgehead atoms. The van der Waals surface area contributed by atoms with Crippen molar-refractivity contribution >= 4 is 0 Å². The molecule has 3 aliphatic carbocycles. The second kappa shape index (κ2) is 13.9. The SMILES string of the molecule is CCC[C@@]12c3ccc(C#Cc4ccccc4)cc3[C@@]3(CCC)c4cc(C#Cc5ccccc5)ccc4[C@@](CCC)(c4cc(C#Cc5ccccc5)ccc41)[C@@]23C. The molecule has 9 rings (SSSR count). The van der Waals surface area contributed by atoms with E-state index < -0.39 is 0 Å². The van der Waals surface area contributed by atoms with Crippen molar-refractivity contribution in [2.45, 2.75) is 82.5 Å². The Hall–Kier alpha value is -6.00. The Morgan fingerprint density at radius 2 is 0.589 bits per heavy atom. The number of hydrogen-bond donors (Lipinski definition) is 0. The van der Waals surface area contributed by atoms with Gasteiger partial charge in [0.25, 0.3) is 0 Å². The maximum atomic E-state index is 3.61. The zero-order valence-corrected chi connectivity index (χ0v) is 33.1. The smallest absolute Gasteiger partial charge is 0.0286 e. The first-order valence-electron chi connectivity index (χ1n) is 20.6. The van der Waals surface area contributed by atoms with Crippen LogP contribution < -0.4 is 0 Å². The summed E-state index contributed by atoms with van der Waals surface area (Å²) in [5, 5.41) is 0. The summed E-state index contributed by atoms with van der Waals surface area (Å²) in [5.41, 5.74) is 14.4. The van der Waals surface area contributed by atoms with Gasteiger partial charge in [-0.25, -0.2) is 0 Å². The molecule has 0 aromatic heterocycles. The molecule has 0 nitrogen and oxygen atoms in total. The van der Waals surface area contributed by atoms with Crippen LogP contribution in [0.25, 0.3) is 0 Å². The molecule has 0 N–H and O–H groups in total. The molecule has 0 aliphatic heterocycles. The zero-order valence-electron chi connectivity index (χ0n) is 33.1. The van der Waals surface area contributed by atoms with Crippen molar-refractivity contribution in [3.05, 3.63) is 212 Å². The average Bonchev–Trinajstić information content (AvgIpc) is 3.64. The van der Waals surface area contributed by atoms with E-state index in [2.05, 4.69) is 209 Å². The van der Waals surface area contributed by atoms with Crippen LogP contribution in [0.5, 0.6) is 0 Å². The van der Waals surface area contributed by atoms with Gasteiger partial charge < -0.3 is 0 Å². The fourth-order valence-corrected chi connectivity index (χ4v) is 11.9. The fraction of sp³-hybridized carbons (Fsp3) is 0.250. The topological polar surface area (TPSA) is 0 Å². The molecule has 272 valence electrons. The van der Waals surface area contributed by atoms with Gasteiger partial charge in [0.05, 0.1) is 0 Å². The molecular formula is C56H48. The molecular weight excluding hydrogens is 673 g/mol. The molecule has 0 saturated heterocycles. The van der Waals surface area contributed by atoms with Crippen molar-refractivity contribution in [1.29, 1.82) is 0 Å². The Kier molecular flexibility index (Phi) is 8.88. The normalized spacial score (nSPS) is 22.9. The summed E-state index contributed by atoms with van der Waals surface area (Å²) >= 11 is 0. The molecule has 56 heavy (non-hydrogen) atoms. The van der Waals surface area contributed by atoms with E-state index in [0.29, 0.717) is 0 Å². The van der Waals surface area contributed by atoms with Crippen molar-refractivity contribution in [3.8, 4) is 35.5 Å². The summed E-state index contributed by atoms with van der Waals surface area (Å²) in [6.45, 7) is 9.85. The van der Waals surface area contributed by atoms with Crippen LogP contribution in [0, 0.1) is 40.9 Å². The van der Waals surface area contributed by atoms with E-state index in [-0.39, 0.29) is 21.7 Å². The molecule has 0 saturated carbocycles. The molecule has 0 heterocycles. The van der Waals surface area contributed by atoms with E-state index in [1.54, 1.807) is 0 Å². The Morgan fingerprint density at radius 3 is 0.893 bits per heavy atom. The monoisotopic (exact) mass is 720 g/mol. The van der Waals surface area contributed by atoms with Gasteiger partial charge in [-0.15, -0.1) is 0 Å². The first-order valence-corrected chi connectivity index (χ1v) is 20.6. The first-order chi connectivity index (χ1) is 27.5. The summed E-state index contributed by atoms with van der Waals surface area (Å²) in [6, 6.07) is 53.0. The third kappa shape index (κ3) is 4.91. The molecule has 6 aromatic rings. The van der Waals surface area contributed by atoms with Gasteiger partial charge in [0.1, 0.15) is 0 Å². The number of hydrogen-bond acceptors (Lipinski definition) is 0. The first kappa shape index (κ1) is 35.7. The Balaban J connectivity index is 1.37. The quantitative estimate of drug-likeness (QED) is 0.150. The largest absolute Gasteiger partial charge is 0.0653 e. The van der Waals surface area contributed by atoms with Crippen molar-refractivity contribution in [2.75, 3.05) is 0 Å². The summed E-state index contributed by atoms with van der Waals surface area (Å²) in [7, 11) is 0. The van der Waals surface area contributed by atoms with Gasteiger partial charge in [-0.05, 0) is 125 Å². The van der Waals surface area contributed by atoms with Crippen molar-refractivity contribution in [1.82, 2.24) is 0 Å². The highest BCUT2D eigenvalue weighted by atomic mass is 14.8. The second-order valence-corrected chi connectivity index (χ2v) is 16.2. The number of fused-ring (bicyclic) bond motifs is 9. The number of benzene rings is 6. The van der Waals surface area contributed by atoms with Gasteiger partial charge in [-0.3, -0.25) is 0 Å². The lowest BCUT2D eigenvalue weighted by molar-refractivity contribution is 0.0540. The lowest BCUT2D eigenvalue weighted by atomic mass is 9.48. The third-order valence-corrected chi connectivity index (χ3v) is 13.6. The van der Waals surface area contributed by atoms with Gasteiger partial charge in [0.2, 0.25) is 0 Å². The predicted octanol–water partition coefficient (Wildman–Crippen LogP) is 12.5. The minimum absolute atomic E-state index is 0.176. The maximum absolute atomic E-state index is 3.61. The summed E-state index contributed by atoms with van der Waals surface area (Å²) in [4.78, 5) is 0. The van der Waals surface area contributed by atoms with Crippen LogP contribution in [0.3, 0.4) is 0 Å². The van der Waals surface area contributed by atoms with E-state index >= 15 is 0 Å². The lowest BCUT2D eigenvalue weighted by Gasteiger charge is -2.53. The van der Waals surface area contributed by atoms with E-state index in [9.17, 15) is 0 Å². The van der Waals surface area contributed by atoms with Crippen LogP contribution in [-0.4, -0.2) is 0 Å². The third-order valence-electron chi connectivity index (χ3n) is 13.6. The molecule has 6 aromatic carbocycles. The molecule has 0 amide bonds. The molecule has 0 spiro atoms. The minimum atomic E-state index is -0.249. The van der Waals surface area contributed by atoms with Crippen LogP contribution in [0.4, 0.5) is 0 Å². The Bertz CT molecular complexity index is 2650. The molecule has 4 atom stereocenters. The number of rotatable bonds is 6. The van der Waals surface area contributed by atoms with E-state index in [4.69, 9.17) is 0 Å². The molecule has 0 fully saturated rings. The molecule has 3 aliphatic rings. The Labute approximate surface area is 334 Å². The zero-order chi connectivity index (χ0) is 38.4. The van der Waals surface area contributed by atoms with E-state index in [1.165, 1.54) is 33.4 Å². The fourth-order valence-electron chi connectivity index (χ4n) is 11.9. The van der Waals surface area contributed by atoms with Gasteiger partial charge in [0, 0.05) is 55.0 Å². The highest BCUT2D eigenvalue weighted by molar-refractivity contribution is 5.79. The van der Waals surface area contributed by atoms with Crippen LogP contribution in [0.15, 0.2) is 146 Å². The van der Waals surface area contributed by atoms with Crippen molar-refractivity contribution in [3.63, 3.8) is 0 Å². The lowest BCUT2D eigenvalue weighted by Crippen LogP contribution is -2.54. The summed E-state index contributed by atoms with van der Waals surface area (Å²) in [5.74, 6) is 21.3. The van der Waals surface area contributed by atoms with Crippen molar-refractivity contribution < 1.29 is 0 Å².